The molecule has 2 aromatic heterocycles. The van der Waals surface area contributed by atoms with Crippen LogP contribution in [-0.2, 0) is 0 Å². The molecule has 5 nitrogen and oxygen atoms in total. The van der Waals surface area contributed by atoms with Crippen LogP contribution in [-0.4, -0.2) is 19.9 Å². The molecule has 0 unspecified atom stereocenters. The van der Waals surface area contributed by atoms with Gasteiger partial charge in [-0.05, 0) is 12.1 Å². The number of aromatic amines is 2. The topological polar surface area (TPSA) is 74.4 Å². The van der Waals surface area contributed by atoms with Gasteiger partial charge < -0.3 is 9.97 Å². The third-order valence-electron chi connectivity index (χ3n) is 2.20. The molecule has 0 aliphatic rings. The van der Waals surface area contributed by atoms with Crippen molar-refractivity contribution in [2.75, 3.05) is 0 Å². The van der Waals surface area contributed by atoms with Crippen LogP contribution in [0.2, 0.25) is 0 Å². The molecule has 1 aromatic carbocycles. The van der Waals surface area contributed by atoms with E-state index >= 15 is 0 Å². The average molecular weight is 186 g/mol. The van der Waals surface area contributed by atoms with Crippen LogP contribution in [0.1, 0.15) is 0 Å². The highest BCUT2D eigenvalue weighted by molar-refractivity contribution is 6.01. The second kappa shape index (κ2) is 2.41. The van der Waals surface area contributed by atoms with Crippen molar-refractivity contribution in [3.05, 3.63) is 35.1 Å². The Hall–Kier alpha value is -2.17. The molecule has 0 spiro atoms. The summed E-state index contributed by atoms with van der Waals surface area (Å²) in [5.41, 5.74) is 2.01. The SMILES string of the molecule is O=c1[nH]cnc2ccc3[nH]cnc3c12. The first-order valence-electron chi connectivity index (χ1n) is 4.16. The molecule has 0 atom stereocenters. The van der Waals surface area contributed by atoms with E-state index in [0.717, 1.165) is 5.52 Å². The highest BCUT2D eigenvalue weighted by atomic mass is 16.1. The summed E-state index contributed by atoms with van der Waals surface area (Å²) >= 11 is 0. The van der Waals surface area contributed by atoms with Crippen molar-refractivity contribution >= 4 is 21.9 Å². The number of hydrogen-bond donors (Lipinski definition) is 2. The van der Waals surface area contributed by atoms with Crippen LogP contribution < -0.4 is 5.56 Å². The minimum atomic E-state index is -0.160. The van der Waals surface area contributed by atoms with E-state index in [2.05, 4.69) is 19.9 Å². The molecule has 0 radical (unpaired) electrons. The standard InChI is InChI=1S/C9H6N4O/c14-9-7-5(10-4-13-9)1-2-6-8(7)12-3-11-6/h1-4H,(H,11,12)(H,10,13,14). The van der Waals surface area contributed by atoms with E-state index in [1.165, 1.54) is 6.33 Å². The lowest BCUT2D eigenvalue weighted by atomic mass is 10.2. The van der Waals surface area contributed by atoms with Gasteiger partial charge in [-0.1, -0.05) is 0 Å². The molecule has 2 N–H and O–H groups in total. The molecule has 68 valence electrons. The van der Waals surface area contributed by atoms with E-state index in [1.807, 2.05) is 6.07 Å². The summed E-state index contributed by atoms with van der Waals surface area (Å²) < 4.78 is 0. The van der Waals surface area contributed by atoms with Gasteiger partial charge in [0.1, 0.15) is 5.52 Å². The molecule has 0 saturated carbocycles. The molecule has 3 aromatic rings. The van der Waals surface area contributed by atoms with E-state index in [9.17, 15) is 4.79 Å². The third-order valence-corrected chi connectivity index (χ3v) is 2.20. The predicted octanol–water partition coefficient (Wildman–Crippen LogP) is 0.799. The Morgan fingerprint density at radius 3 is 2.86 bits per heavy atom. The fraction of sp³-hybridized carbons (Fsp3) is 0. The molecular formula is C9H6N4O. The van der Waals surface area contributed by atoms with Crippen LogP contribution >= 0.6 is 0 Å². The van der Waals surface area contributed by atoms with Gasteiger partial charge >= 0.3 is 0 Å². The molecular weight excluding hydrogens is 180 g/mol. The summed E-state index contributed by atoms with van der Waals surface area (Å²) in [5.74, 6) is 0. The van der Waals surface area contributed by atoms with Gasteiger partial charge in [-0.2, -0.15) is 0 Å². The summed E-state index contributed by atoms with van der Waals surface area (Å²) in [5, 5.41) is 0.534. The van der Waals surface area contributed by atoms with Gasteiger partial charge in [0.15, 0.2) is 0 Å². The van der Waals surface area contributed by atoms with Crippen LogP contribution in [0.4, 0.5) is 0 Å². The molecule has 14 heavy (non-hydrogen) atoms. The van der Waals surface area contributed by atoms with Crippen LogP contribution in [0.3, 0.4) is 0 Å². The van der Waals surface area contributed by atoms with Gasteiger partial charge in [0.05, 0.1) is 29.1 Å². The summed E-state index contributed by atoms with van der Waals surface area (Å²) in [6, 6.07) is 3.65. The molecule has 0 aliphatic carbocycles. The highest BCUT2D eigenvalue weighted by Gasteiger charge is 2.06. The summed E-state index contributed by atoms with van der Waals surface area (Å²) in [6.07, 6.45) is 2.96. The molecule has 3 rings (SSSR count). The van der Waals surface area contributed by atoms with Crippen molar-refractivity contribution in [3.8, 4) is 0 Å². The van der Waals surface area contributed by atoms with Crippen LogP contribution in [0, 0.1) is 0 Å². The fourth-order valence-corrected chi connectivity index (χ4v) is 1.56. The van der Waals surface area contributed by atoms with E-state index in [-0.39, 0.29) is 5.56 Å². The summed E-state index contributed by atoms with van der Waals surface area (Å²) in [6.45, 7) is 0. The van der Waals surface area contributed by atoms with E-state index < -0.39 is 0 Å². The van der Waals surface area contributed by atoms with Gasteiger partial charge in [0.2, 0.25) is 0 Å². The molecule has 0 amide bonds. The minimum Gasteiger partial charge on any atom is -0.345 e. The van der Waals surface area contributed by atoms with E-state index in [1.54, 1.807) is 12.4 Å². The molecule has 0 bridgehead atoms. The zero-order valence-corrected chi connectivity index (χ0v) is 7.11. The second-order valence-electron chi connectivity index (χ2n) is 2.99. The number of imidazole rings is 1. The number of H-pyrrole nitrogens is 2. The van der Waals surface area contributed by atoms with Gasteiger partial charge in [-0.3, -0.25) is 4.79 Å². The maximum Gasteiger partial charge on any atom is 0.260 e. The van der Waals surface area contributed by atoms with E-state index in [4.69, 9.17) is 0 Å². The van der Waals surface area contributed by atoms with Gasteiger partial charge in [-0.15, -0.1) is 0 Å². The lowest BCUT2D eigenvalue weighted by Crippen LogP contribution is -2.06. The first-order valence-corrected chi connectivity index (χ1v) is 4.16. The Balaban J connectivity index is 2.74. The number of fused-ring (bicyclic) bond motifs is 3. The maximum absolute atomic E-state index is 11.5. The smallest absolute Gasteiger partial charge is 0.260 e. The van der Waals surface area contributed by atoms with Crippen molar-refractivity contribution in [1.82, 2.24) is 19.9 Å². The lowest BCUT2D eigenvalue weighted by Gasteiger charge is -1.95. The fourth-order valence-electron chi connectivity index (χ4n) is 1.56. The summed E-state index contributed by atoms with van der Waals surface area (Å²) in [4.78, 5) is 25.2. The Morgan fingerprint density at radius 2 is 1.93 bits per heavy atom. The predicted molar refractivity (Wildman–Crippen MR) is 52.0 cm³/mol. The number of hydrogen-bond acceptors (Lipinski definition) is 3. The number of rotatable bonds is 0. The third kappa shape index (κ3) is 0.806. The molecule has 5 heteroatoms. The summed E-state index contributed by atoms with van der Waals surface area (Å²) in [7, 11) is 0. The minimum absolute atomic E-state index is 0.160. The zero-order valence-electron chi connectivity index (χ0n) is 7.11. The Labute approximate surface area is 77.8 Å². The van der Waals surface area contributed by atoms with Crippen molar-refractivity contribution in [1.29, 1.82) is 0 Å². The first kappa shape index (κ1) is 7.25. The zero-order chi connectivity index (χ0) is 9.54. The van der Waals surface area contributed by atoms with Crippen molar-refractivity contribution in [2.24, 2.45) is 0 Å². The Morgan fingerprint density at radius 1 is 1.07 bits per heavy atom. The van der Waals surface area contributed by atoms with Crippen molar-refractivity contribution in [2.45, 2.75) is 0 Å². The van der Waals surface area contributed by atoms with E-state index in [0.29, 0.717) is 16.4 Å². The quantitative estimate of drug-likeness (QED) is 0.545. The van der Waals surface area contributed by atoms with Gasteiger partial charge in [0.25, 0.3) is 5.56 Å². The van der Waals surface area contributed by atoms with Crippen LogP contribution in [0.25, 0.3) is 21.9 Å². The van der Waals surface area contributed by atoms with Gasteiger partial charge in [-0.25, -0.2) is 9.97 Å². The highest BCUT2D eigenvalue weighted by Crippen LogP contribution is 2.16. The molecule has 0 fully saturated rings. The Bertz CT molecular complexity index is 667. The number of nitrogens with one attached hydrogen (secondary N) is 2. The van der Waals surface area contributed by atoms with Crippen LogP contribution in [0.5, 0.6) is 0 Å². The molecule has 0 aliphatic heterocycles. The van der Waals surface area contributed by atoms with Crippen molar-refractivity contribution < 1.29 is 0 Å². The monoisotopic (exact) mass is 186 g/mol. The van der Waals surface area contributed by atoms with Crippen LogP contribution in [0.15, 0.2) is 29.6 Å². The number of aromatic nitrogens is 4. The molecule has 0 saturated heterocycles. The second-order valence-corrected chi connectivity index (χ2v) is 2.99. The average Bonchev–Trinajstić information content (AvgIpc) is 2.65. The van der Waals surface area contributed by atoms with Crippen molar-refractivity contribution in [3.63, 3.8) is 0 Å². The first-order chi connectivity index (χ1) is 6.86. The largest absolute Gasteiger partial charge is 0.345 e. The number of nitrogens with zero attached hydrogens (tertiary/aromatic N) is 2. The maximum atomic E-state index is 11.5. The number of benzene rings is 1. The molecule has 2 heterocycles. The van der Waals surface area contributed by atoms with Gasteiger partial charge in [0, 0.05) is 0 Å². The lowest BCUT2D eigenvalue weighted by molar-refractivity contribution is 1.17. The normalized spacial score (nSPS) is 11.1. The Kier molecular flexibility index (Phi) is 1.25.